The topological polar surface area (TPSA) is 3.24 Å². The molecule has 0 aromatic carbocycles. The van der Waals surface area contributed by atoms with Gasteiger partial charge in [0.25, 0.3) is 0 Å². The SMILES string of the molecule is CC(C)(C)C1CSCN(C(C)(C)C)C1C(C)(C)C. The maximum absolute atomic E-state index is 2.73. The summed E-state index contributed by atoms with van der Waals surface area (Å²) in [6.45, 7) is 21.5. The van der Waals surface area contributed by atoms with Gasteiger partial charge in [0.15, 0.2) is 0 Å². The second kappa shape index (κ2) is 5.01. The molecule has 1 aliphatic heterocycles. The standard InChI is InChI=1S/C16H33NS/c1-14(2,3)12-10-18-11-17(16(7,8)9)13(12)15(4,5)6/h12-13H,10-11H2,1-9H3. The molecule has 0 N–H and O–H groups in total. The van der Waals surface area contributed by atoms with Gasteiger partial charge in [-0.3, -0.25) is 4.90 Å². The molecule has 2 atom stereocenters. The number of hydrogen-bond acceptors (Lipinski definition) is 2. The van der Waals surface area contributed by atoms with Gasteiger partial charge in [0.05, 0.1) is 0 Å². The highest BCUT2D eigenvalue weighted by Crippen LogP contribution is 2.46. The second-order valence-corrected chi connectivity index (χ2v) is 9.92. The van der Waals surface area contributed by atoms with E-state index in [0.717, 1.165) is 5.92 Å². The lowest BCUT2D eigenvalue weighted by Crippen LogP contribution is -2.61. The van der Waals surface area contributed by atoms with Crippen LogP contribution in [0.1, 0.15) is 62.3 Å². The van der Waals surface area contributed by atoms with E-state index in [1.54, 1.807) is 0 Å². The molecule has 0 amide bonds. The summed E-state index contributed by atoms with van der Waals surface area (Å²) in [5, 5.41) is 0. The molecule has 0 aromatic rings. The van der Waals surface area contributed by atoms with Crippen LogP contribution in [0.3, 0.4) is 0 Å². The van der Waals surface area contributed by atoms with Gasteiger partial charge in [0.2, 0.25) is 0 Å². The molecule has 1 fully saturated rings. The molecular formula is C16H33NS. The van der Waals surface area contributed by atoms with E-state index in [0.29, 0.717) is 16.9 Å². The Morgan fingerprint density at radius 1 is 0.833 bits per heavy atom. The summed E-state index contributed by atoms with van der Waals surface area (Å²) >= 11 is 2.11. The van der Waals surface area contributed by atoms with Crippen molar-refractivity contribution in [2.45, 2.75) is 73.9 Å². The van der Waals surface area contributed by atoms with E-state index in [1.165, 1.54) is 11.6 Å². The zero-order valence-corrected chi connectivity index (χ0v) is 14.7. The summed E-state index contributed by atoms with van der Waals surface area (Å²) in [4.78, 5) is 2.73. The average Bonchev–Trinajstić information content (AvgIpc) is 2.12. The molecule has 108 valence electrons. The maximum atomic E-state index is 2.73. The predicted molar refractivity (Wildman–Crippen MR) is 85.1 cm³/mol. The molecule has 1 heterocycles. The van der Waals surface area contributed by atoms with Crippen molar-refractivity contribution in [1.82, 2.24) is 4.90 Å². The van der Waals surface area contributed by atoms with Crippen molar-refractivity contribution in [1.29, 1.82) is 0 Å². The van der Waals surface area contributed by atoms with Crippen LogP contribution >= 0.6 is 11.8 Å². The van der Waals surface area contributed by atoms with E-state index < -0.39 is 0 Å². The Labute approximate surface area is 119 Å². The van der Waals surface area contributed by atoms with E-state index in [2.05, 4.69) is 79.0 Å². The normalized spacial score (nSPS) is 28.5. The van der Waals surface area contributed by atoms with Gasteiger partial charge in [-0.1, -0.05) is 41.5 Å². The summed E-state index contributed by atoms with van der Waals surface area (Å²) in [5.41, 5.74) is 0.982. The molecule has 1 aliphatic rings. The van der Waals surface area contributed by atoms with Crippen LogP contribution in [0.15, 0.2) is 0 Å². The van der Waals surface area contributed by atoms with E-state index in [4.69, 9.17) is 0 Å². The van der Waals surface area contributed by atoms with Crippen LogP contribution in [-0.4, -0.2) is 28.1 Å². The van der Waals surface area contributed by atoms with E-state index >= 15 is 0 Å². The molecule has 1 rings (SSSR count). The minimum Gasteiger partial charge on any atom is -0.285 e. The van der Waals surface area contributed by atoms with Crippen molar-refractivity contribution in [3.63, 3.8) is 0 Å². The van der Waals surface area contributed by atoms with Crippen molar-refractivity contribution in [3.8, 4) is 0 Å². The third kappa shape index (κ3) is 3.66. The van der Waals surface area contributed by atoms with Crippen LogP contribution in [0.2, 0.25) is 0 Å². The smallest absolute Gasteiger partial charge is 0.0452 e. The van der Waals surface area contributed by atoms with E-state index in [1.807, 2.05) is 0 Å². The van der Waals surface area contributed by atoms with Gasteiger partial charge in [-0.25, -0.2) is 0 Å². The Bertz CT molecular complexity index is 255. The van der Waals surface area contributed by atoms with Crippen LogP contribution in [0, 0.1) is 16.7 Å². The molecule has 0 bridgehead atoms. The third-order valence-electron chi connectivity index (χ3n) is 4.11. The quantitative estimate of drug-likeness (QED) is 0.618. The number of thioether (sulfide) groups is 1. The number of nitrogens with zero attached hydrogens (tertiary/aromatic N) is 1. The molecule has 1 saturated heterocycles. The highest BCUT2D eigenvalue weighted by Gasteiger charge is 2.47. The molecule has 0 spiro atoms. The van der Waals surface area contributed by atoms with Crippen LogP contribution in [-0.2, 0) is 0 Å². The Kier molecular flexibility index (Phi) is 4.56. The first kappa shape index (κ1) is 16.4. The fourth-order valence-electron chi connectivity index (χ4n) is 3.07. The molecule has 0 aliphatic carbocycles. The minimum absolute atomic E-state index is 0.259. The second-order valence-electron chi connectivity index (χ2n) is 8.92. The highest BCUT2D eigenvalue weighted by atomic mass is 32.2. The van der Waals surface area contributed by atoms with Gasteiger partial charge < -0.3 is 0 Å². The summed E-state index contributed by atoms with van der Waals surface area (Å²) in [5.74, 6) is 3.24. The summed E-state index contributed by atoms with van der Waals surface area (Å²) in [6, 6.07) is 0.666. The first-order valence-electron chi connectivity index (χ1n) is 7.19. The lowest BCUT2D eigenvalue weighted by atomic mass is 9.67. The van der Waals surface area contributed by atoms with Crippen molar-refractivity contribution >= 4 is 11.8 Å². The Morgan fingerprint density at radius 3 is 1.67 bits per heavy atom. The van der Waals surface area contributed by atoms with Crippen LogP contribution in [0.4, 0.5) is 0 Å². The molecule has 0 saturated carbocycles. The summed E-state index contributed by atoms with van der Waals surface area (Å²) in [7, 11) is 0. The van der Waals surface area contributed by atoms with Crippen LogP contribution in [0.5, 0.6) is 0 Å². The molecule has 2 heteroatoms. The van der Waals surface area contributed by atoms with Crippen molar-refractivity contribution in [2.75, 3.05) is 11.6 Å². The van der Waals surface area contributed by atoms with Crippen molar-refractivity contribution in [2.24, 2.45) is 16.7 Å². The maximum Gasteiger partial charge on any atom is 0.0452 e. The Balaban J connectivity index is 3.14. The van der Waals surface area contributed by atoms with E-state index in [9.17, 15) is 0 Å². The molecule has 1 nitrogen and oxygen atoms in total. The zero-order chi connectivity index (χ0) is 14.4. The summed E-state index contributed by atoms with van der Waals surface area (Å²) < 4.78 is 0. The predicted octanol–water partition coefficient (Wildman–Crippen LogP) is 4.87. The summed E-state index contributed by atoms with van der Waals surface area (Å²) in [6.07, 6.45) is 0. The average molecular weight is 272 g/mol. The Hall–Kier alpha value is 0.310. The van der Waals surface area contributed by atoms with Gasteiger partial charge in [0.1, 0.15) is 0 Å². The number of rotatable bonds is 0. The monoisotopic (exact) mass is 271 g/mol. The van der Waals surface area contributed by atoms with Crippen molar-refractivity contribution in [3.05, 3.63) is 0 Å². The fraction of sp³-hybridized carbons (Fsp3) is 1.00. The van der Waals surface area contributed by atoms with Gasteiger partial charge in [-0.15, -0.1) is 11.8 Å². The lowest BCUT2D eigenvalue weighted by molar-refractivity contribution is -0.0268. The van der Waals surface area contributed by atoms with E-state index in [-0.39, 0.29) is 5.54 Å². The van der Waals surface area contributed by atoms with Gasteiger partial charge in [-0.2, -0.15) is 0 Å². The fourth-order valence-corrected chi connectivity index (χ4v) is 4.86. The van der Waals surface area contributed by atoms with Crippen LogP contribution in [0.25, 0.3) is 0 Å². The number of hydrogen-bond donors (Lipinski definition) is 0. The van der Waals surface area contributed by atoms with Gasteiger partial charge >= 0.3 is 0 Å². The van der Waals surface area contributed by atoms with Crippen molar-refractivity contribution < 1.29 is 0 Å². The molecule has 0 radical (unpaired) electrons. The molecular weight excluding hydrogens is 238 g/mol. The first-order valence-corrected chi connectivity index (χ1v) is 8.35. The molecule has 18 heavy (non-hydrogen) atoms. The van der Waals surface area contributed by atoms with Crippen LogP contribution < -0.4 is 0 Å². The third-order valence-corrected chi connectivity index (χ3v) is 5.16. The lowest BCUT2D eigenvalue weighted by Gasteiger charge is -2.56. The highest BCUT2D eigenvalue weighted by molar-refractivity contribution is 7.99. The Morgan fingerprint density at radius 2 is 1.33 bits per heavy atom. The van der Waals surface area contributed by atoms with Gasteiger partial charge in [0, 0.05) is 17.5 Å². The minimum atomic E-state index is 0.259. The zero-order valence-electron chi connectivity index (χ0n) is 13.9. The largest absolute Gasteiger partial charge is 0.285 e. The van der Waals surface area contributed by atoms with Gasteiger partial charge in [-0.05, 0) is 43.3 Å². The molecule has 0 aromatic heterocycles. The molecule has 2 unspecified atom stereocenters. The first-order chi connectivity index (χ1) is 7.85.